The standard InChI is InChI=1S/C21H32N6/c1-16-5-4-6-18(13-16)27-10-7-17(8-11-27)21-19(24-14-20(22)25-21)15-26(3)12-9-23-2/h4-6,13-14,17,23H,7-12,15H2,1-3H3,(H2,22,25). The van der Waals surface area contributed by atoms with E-state index in [0.29, 0.717) is 11.7 Å². The minimum atomic E-state index is 0.426. The fourth-order valence-electron chi connectivity index (χ4n) is 3.76. The van der Waals surface area contributed by atoms with Gasteiger partial charge >= 0.3 is 0 Å². The number of aryl methyl sites for hydroxylation is 1. The molecule has 3 N–H and O–H groups in total. The molecule has 27 heavy (non-hydrogen) atoms. The van der Waals surface area contributed by atoms with Gasteiger partial charge in [0.2, 0.25) is 0 Å². The van der Waals surface area contributed by atoms with Gasteiger partial charge in [-0.1, -0.05) is 12.1 Å². The van der Waals surface area contributed by atoms with E-state index in [0.717, 1.165) is 57.0 Å². The molecule has 6 nitrogen and oxygen atoms in total. The zero-order valence-corrected chi connectivity index (χ0v) is 16.8. The smallest absolute Gasteiger partial charge is 0.142 e. The Kier molecular flexibility index (Phi) is 6.63. The predicted molar refractivity (Wildman–Crippen MR) is 112 cm³/mol. The van der Waals surface area contributed by atoms with Crippen molar-refractivity contribution in [2.75, 3.05) is 50.9 Å². The van der Waals surface area contributed by atoms with Crippen LogP contribution >= 0.6 is 0 Å². The fraction of sp³-hybridized carbons (Fsp3) is 0.524. The van der Waals surface area contributed by atoms with Crippen LogP contribution in [0.1, 0.15) is 35.7 Å². The van der Waals surface area contributed by atoms with Crippen LogP contribution in [0.15, 0.2) is 30.5 Å². The van der Waals surface area contributed by atoms with Gasteiger partial charge in [-0.25, -0.2) is 4.98 Å². The summed E-state index contributed by atoms with van der Waals surface area (Å²) in [7, 11) is 4.10. The highest BCUT2D eigenvalue weighted by atomic mass is 15.1. The molecule has 2 heterocycles. The molecule has 0 radical (unpaired) electrons. The number of nitrogens with zero attached hydrogens (tertiary/aromatic N) is 4. The van der Waals surface area contributed by atoms with Crippen molar-refractivity contribution in [3.63, 3.8) is 0 Å². The molecule has 146 valence electrons. The highest BCUT2D eigenvalue weighted by molar-refractivity contribution is 5.49. The van der Waals surface area contributed by atoms with Crippen LogP contribution in [0.2, 0.25) is 0 Å². The number of rotatable bonds is 7. The Morgan fingerprint density at radius 2 is 2.07 bits per heavy atom. The third-order valence-electron chi connectivity index (χ3n) is 5.31. The first-order chi connectivity index (χ1) is 13.1. The van der Waals surface area contributed by atoms with Gasteiger partial charge in [0, 0.05) is 44.3 Å². The Bertz CT molecular complexity index is 739. The van der Waals surface area contributed by atoms with Crippen molar-refractivity contribution in [2.45, 2.75) is 32.2 Å². The molecule has 1 aromatic carbocycles. The molecule has 3 rings (SSSR count). The van der Waals surface area contributed by atoms with E-state index in [1.165, 1.54) is 11.3 Å². The summed E-state index contributed by atoms with van der Waals surface area (Å²) in [6.07, 6.45) is 3.85. The highest BCUT2D eigenvalue weighted by Crippen LogP contribution is 2.31. The molecule has 1 saturated heterocycles. The highest BCUT2D eigenvalue weighted by Gasteiger charge is 2.25. The average Bonchev–Trinajstić information content (AvgIpc) is 2.68. The molecule has 0 amide bonds. The third-order valence-corrected chi connectivity index (χ3v) is 5.31. The van der Waals surface area contributed by atoms with Crippen LogP contribution < -0.4 is 16.0 Å². The number of hydrogen-bond acceptors (Lipinski definition) is 6. The topological polar surface area (TPSA) is 70.3 Å². The number of aromatic nitrogens is 2. The first kappa shape index (κ1) is 19.6. The first-order valence-electron chi connectivity index (χ1n) is 9.83. The molecule has 1 fully saturated rings. The SMILES string of the molecule is CNCCN(C)Cc1ncc(N)nc1C1CCN(c2cccc(C)c2)CC1. The number of hydrogen-bond donors (Lipinski definition) is 2. The molecular weight excluding hydrogens is 336 g/mol. The average molecular weight is 369 g/mol. The summed E-state index contributed by atoms with van der Waals surface area (Å²) in [5.74, 6) is 0.947. The van der Waals surface area contributed by atoms with Gasteiger partial charge < -0.3 is 16.0 Å². The molecule has 0 saturated carbocycles. The van der Waals surface area contributed by atoms with Gasteiger partial charge in [0.25, 0.3) is 0 Å². The summed E-state index contributed by atoms with van der Waals surface area (Å²) in [5.41, 5.74) is 10.8. The molecule has 0 atom stereocenters. The summed E-state index contributed by atoms with van der Waals surface area (Å²) in [5, 5.41) is 3.19. The van der Waals surface area contributed by atoms with E-state index < -0.39 is 0 Å². The Morgan fingerprint density at radius 1 is 1.30 bits per heavy atom. The molecule has 1 aliphatic heterocycles. The van der Waals surface area contributed by atoms with Crippen LogP contribution in [0.4, 0.5) is 11.5 Å². The summed E-state index contributed by atoms with van der Waals surface area (Å²) in [6.45, 7) is 6.98. The van der Waals surface area contributed by atoms with E-state index in [9.17, 15) is 0 Å². The minimum Gasteiger partial charge on any atom is -0.382 e. The van der Waals surface area contributed by atoms with E-state index >= 15 is 0 Å². The molecule has 0 aliphatic carbocycles. The zero-order valence-electron chi connectivity index (χ0n) is 16.8. The maximum absolute atomic E-state index is 5.97. The van der Waals surface area contributed by atoms with Gasteiger partial charge in [-0.2, -0.15) is 0 Å². The lowest BCUT2D eigenvalue weighted by Gasteiger charge is -2.34. The Hall–Kier alpha value is -2.18. The molecule has 2 aromatic rings. The van der Waals surface area contributed by atoms with Crippen molar-refractivity contribution in [2.24, 2.45) is 0 Å². The molecule has 6 heteroatoms. The van der Waals surface area contributed by atoms with Crippen molar-refractivity contribution >= 4 is 11.5 Å². The quantitative estimate of drug-likeness (QED) is 0.782. The number of nitrogens with one attached hydrogen (secondary N) is 1. The maximum atomic E-state index is 5.97. The lowest BCUT2D eigenvalue weighted by atomic mass is 9.91. The van der Waals surface area contributed by atoms with Crippen LogP contribution in [0, 0.1) is 6.92 Å². The van der Waals surface area contributed by atoms with Gasteiger partial charge in [0.1, 0.15) is 5.82 Å². The number of benzene rings is 1. The van der Waals surface area contributed by atoms with Crippen LogP contribution in [-0.4, -0.2) is 55.1 Å². The fourth-order valence-corrected chi connectivity index (χ4v) is 3.76. The van der Waals surface area contributed by atoms with Crippen molar-refractivity contribution in [3.05, 3.63) is 47.4 Å². The third kappa shape index (κ3) is 5.17. The van der Waals surface area contributed by atoms with Gasteiger partial charge in [-0.3, -0.25) is 9.88 Å². The molecule has 0 spiro atoms. The number of anilines is 2. The predicted octanol–water partition coefficient (Wildman–Crippen LogP) is 2.40. The molecule has 0 unspecified atom stereocenters. The molecular formula is C21H32N6. The van der Waals surface area contributed by atoms with E-state index in [1.54, 1.807) is 6.20 Å². The van der Waals surface area contributed by atoms with E-state index in [-0.39, 0.29) is 0 Å². The summed E-state index contributed by atoms with van der Waals surface area (Å²) >= 11 is 0. The van der Waals surface area contributed by atoms with Gasteiger partial charge in [-0.15, -0.1) is 0 Å². The van der Waals surface area contributed by atoms with Crippen LogP contribution in [0.5, 0.6) is 0 Å². The van der Waals surface area contributed by atoms with Crippen LogP contribution in [0.25, 0.3) is 0 Å². The lowest BCUT2D eigenvalue weighted by molar-refractivity contribution is 0.320. The monoisotopic (exact) mass is 368 g/mol. The van der Waals surface area contributed by atoms with Gasteiger partial charge in [0.15, 0.2) is 0 Å². The molecule has 1 aromatic heterocycles. The second kappa shape index (κ2) is 9.15. The van der Waals surface area contributed by atoms with Gasteiger partial charge in [0.05, 0.1) is 17.6 Å². The summed E-state index contributed by atoms with van der Waals surface area (Å²) in [4.78, 5) is 14.1. The normalized spacial score (nSPS) is 15.5. The maximum Gasteiger partial charge on any atom is 0.142 e. The van der Waals surface area contributed by atoms with E-state index in [1.807, 2.05) is 7.05 Å². The van der Waals surface area contributed by atoms with E-state index in [2.05, 4.69) is 58.3 Å². The van der Waals surface area contributed by atoms with Gasteiger partial charge in [-0.05, 0) is 51.6 Å². The number of nitrogens with two attached hydrogens (primary N) is 1. The first-order valence-corrected chi connectivity index (χ1v) is 9.83. The molecule has 1 aliphatic rings. The Morgan fingerprint density at radius 3 is 2.78 bits per heavy atom. The zero-order chi connectivity index (χ0) is 19.2. The number of piperidine rings is 1. The Labute approximate surface area is 162 Å². The second-order valence-corrected chi connectivity index (χ2v) is 7.57. The number of likely N-dealkylation sites (N-methyl/N-ethyl adjacent to an activating group) is 2. The lowest BCUT2D eigenvalue weighted by Crippen LogP contribution is -2.34. The van der Waals surface area contributed by atoms with Crippen LogP contribution in [0.3, 0.4) is 0 Å². The van der Waals surface area contributed by atoms with Crippen molar-refractivity contribution in [3.8, 4) is 0 Å². The van der Waals surface area contributed by atoms with Crippen LogP contribution in [-0.2, 0) is 6.54 Å². The second-order valence-electron chi connectivity index (χ2n) is 7.57. The summed E-state index contributed by atoms with van der Waals surface area (Å²) in [6, 6.07) is 8.76. The minimum absolute atomic E-state index is 0.426. The summed E-state index contributed by atoms with van der Waals surface area (Å²) < 4.78 is 0. The largest absolute Gasteiger partial charge is 0.382 e. The van der Waals surface area contributed by atoms with Crippen molar-refractivity contribution in [1.82, 2.24) is 20.2 Å². The number of nitrogen functional groups attached to an aromatic ring is 1. The van der Waals surface area contributed by atoms with Crippen molar-refractivity contribution in [1.29, 1.82) is 0 Å². The Balaban J connectivity index is 1.69. The molecule has 0 bridgehead atoms. The van der Waals surface area contributed by atoms with Crippen molar-refractivity contribution < 1.29 is 0 Å². The van der Waals surface area contributed by atoms with E-state index in [4.69, 9.17) is 10.7 Å².